The molecule has 0 radical (unpaired) electrons. The summed E-state index contributed by atoms with van der Waals surface area (Å²) in [5.74, 6) is 0.877. The first kappa shape index (κ1) is 19.5. The van der Waals surface area contributed by atoms with Gasteiger partial charge in [0.2, 0.25) is 0 Å². The Morgan fingerprint density at radius 1 is 1.13 bits per heavy atom. The summed E-state index contributed by atoms with van der Waals surface area (Å²) in [7, 11) is -1.82. The quantitative estimate of drug-likeness (QED) is 0.652. The molecule has 9 heteroatoms. The Morgan fingerprint density at radius 3 is 2.70 bits per heavy atom. The van der Waals surface area contributed by atoms with Crippen LogP contribution in [0.4, 0.5) is 5.82 Å². The SMILES string of the molecule is CN(CCc1ccccc1)S(=O)(=O)N1CCN(c2ncnc3[nH]ccc23)CC12CC2. The van der Waals surface area contributed by atoms with Gasteiger partial charge < -0.3 is 9.88 Å². The van der Waals surface area contributed by atoms with Crippen LogP contribution >= 0.6 is 0 Å². The van der Waals surface area contributed by atoms with Crippen LogP contribution < -0.4 is 4.90 Å². The normalized spacial score (nSPS) is 19.1. The smallest absolute Gasteiger partial charge is 0.282 e. The van der Waals surface area contributed by atoms with Crippen LogP contribution in [0.1, 0.15) is 18.4 Å². The van der Waals surface area contributed by atoms with Gasteiger partial charge in [-0.25, -0.2) is 9.97 Å². The fraction of sp³-hybridized carbons (Fsp3) is 0.429. The van der Waals surface area contributed by atoms with E-state index in [1.165, 1.54) is 4.31 Å². The number of hydrogen-bond donors (Lipinski definition) is 1. The number of fused-ring (bicyclic) bond motifs is 1. The van der Waals surface area contributed by atoms with E-state index in [-0.39, 0.29) is 5.54 Å². The van der Waals surface area contributed by atoms with Crippen LogP contribution in [0.15, 0.2) is 48.9 Å². The van der Waals surface area contributed by atoms with E-state index in [2.05, 4.69) is 19.9 Å². The van der Waals surface area contributed by atoms with E-state index >= 15 is 0 Å². The maximum atomic E-state index is 13.4. The summed E-state index contributed by atoms with van der Waals surface area (Å²) >= 11 is 0. The van der Waals surface area contributed by atoms with Gasteiger partial charge >= 0.3 is 0 Å². The Balaban J connectivity index is 1.32. The number of rotatable bonds is 6. The highest BCUT2D eigenvalue weighted by atomic mass is 32.2. The van der Waals surface area contributed by atoms with Gasteiger partial charge in [-0.05, 0) is 30.9 Å². The number of anilines is 1. The summed E-state index contributed by atoms with van der Waals surface area (Å²) in [6.07, 6.45) is 5.90. The lowest BCUT2D eigenvalue weighted by Crippen LogP contribution is -2.59. The molecule has 0 bridgehead atoms. The molecule has 0 amide bonds. The summed E-state index contributed by atoms with van der Waals surface area (Å²) in [5.41, 5.74) is 1.62. The van der Waals surface area contributed by atoms with Crippen molar-refractivity contribution in [3.05, 3.63) is 54.5 Å². The van der Waals surface area contributed by atoms with Gasteiger partial charge in [0.05, 0.1) is 10.9 Å². The van der Waals surface area contributed by atoms with Gasteiger partial charge in [0.15, 0.2) is 0 Å². The lowest BCUT2D eigenvalue weighted by atomic mass is 10.1. The van der Waals surface area contributed by atoms with E-state index in [9.17, 15) is 8.42 Å². The Morgan fingerprint density at radius 2 is 1.93 bits per heavy atom. The van der Waals surface area contributed by atoms with E-state index in [0.29, 0.717) is 32.6 Å². The second kappa shape index (κ2) is 7.33. The highest BCUT2D eigenvalue weighted by Gasteiger charge is 2.56. The third kappa shape index (κ3) is 3.36. The molecule has 1 saturated carbocycles. The molecule has 5 rings (SSSR count). The van der Waals surface area contributed by atoms with E-state index in [0.717, 1.165) is 35.3 Å². The highest BCUT2D eigenvalue weighted by Crippen LogP contribution is 2.47. The largest absolute Gasteiger partial charge is 0.353 e. The Kier molecular flexibility index (Phi) is 4.76. The minimum atomic E-state index is -3.51. The predicted molar refractivity (Wildman–Crippen MR) is 116 cm³/mol. The van der Waals surface area contributed by atoms with Crippen LogP contribution in [0.3, 0.4) is 0 Å². The molecule has 1 aliphatic heterocycles. The van der Waals surface area contributed by atoms with Gasteiger partial charge in [-0.2, -0.15) is 17.0 Å². The molecule has 1 aromatic carbocycles. The summed E-state index contributed by atoms with van der Waals surface area (Å²) in [5, 5.41) is 0.976. The molecule has 0 unspecified atom stereocenters. The summed E-state index contributed by atoms with van der Waals surface area (Å²) in [4.78, 5) is 14.1. The van der Waals surface area contributed by atoms with Crippen LogP contribution in [0.2, 0.25) is 0 Å². The number of likely N-dealkylation sites (N-methyl/N-ethyl adjacent to an activating group) is 1. The first-order chi connectivity index (χ1) is 14.5. The molecule has 1 saturated heterocycles. The van der Waals surface area contributed by atoms with Crippen molar-refractivity contribution in [2.24, 2.45) is 0 Å². The maximum Gasteiger partial charge on any atom is 0.282 e. The molecule has 1 aliphatic carbocycles. The number of hydrogen-bond acceptors (Lipinski definition) is 5. The zero-order valence-corrected chi connectivity index (χ0v) is 17.8. The van der Waals surface area contributed by atoms with E-state index < -0.39 is 10.2 Å². The van der Waals surface area contributed by atoms with Gasteiger partial charge in [-0.15, -0.1) is 0 Å². The van der Waals surface area contributed by atoms with Crippen LogP contribution in [-0.2, 0) is 16.6 Å². The Bertz CT molecular complexity index is 1140. The highest BCUT2D eigenvalue weighted by molar-refractivity contribution is 7.86. The van der Waals surface area contributed by atoms with Crippen LogP contribution in [0.5, 0.6) is 0 Å². The minimum Gasteiger partial charge on any atom is -0.353 e. The third-order valence-electron chi connectivity index (χ3n) is 6.28. The van der Waals surface area contributed by atoms with Crippen LogP contribution in [0, 0.1) is 0 Å². The van der Waals surface area contributed by atoms with Gasteiger partial charge in [0, 0.05) is 39.4 Å². The van der Waals surface area contributed by atoms with Crippen LogP contribution in [0.25, 0.3) is 11.0 Å². The van der Waals surface area contributed by atoms with Crippen molar-refractivity contribution in [2.45, 2.75) is 24.8 Å². The van der Waals surface area contributed by atoms with Gasteiger partial charge in [0.1, 0.15) is 17.8 Å². The first-order valence-corrected chi connectivity index (χ1v) is 11.7. The maximum absolute atomic E-state index is 13.4. The fourth-order valence-corrected chi connectivity index (χ4v) is 6.08. The second-order valence-electron chi connectivity index (χ2n) is 8.22. The van der Waals surface area contributed by atoms with E-state index in [1.807, 2.05) is 42.6 Å². The summed E-state index contributed by atoms with van der Waals surface area (Å²) in [6, 6.07) is 12.0. The minimum absolute atomic E-state index is 0.328. The molecule has 3 aromatic rings. The molecule has 2 fully saturated rings. The van der Waals surface area contributed by atoms with Crippen molar-refractivity contribution in [3.63, 3.8) is 0 Å². The average Bonchev–Trinajstić information content (AvgIpc) is 3.33. The van der Waals surface area contributed by atoms with Crippen molar-refractivity contribution in [3.8, 4) is 0 Å². The van der Waals surface area contributed by atoms with Gasteiger partial charge in [-0.3, -0.25) is 0 Å². The second-order valence-corrected chi connectivity index (χ2v) is 10.2. The zero-order valence-electron chi connectivity index (χ0n) is 17.0. The van der Waals surface area contributed by atoms with Crippen molar-refractivity contribution >= 4 is 27.1 Å². The number of aromatic amines is 1. The topological polar surface area (TPSA) is 85.4 Å². The summed E-state index contributed by atoms with van der Waals surface area (Å²) in [6.45, 7) is 2.22. The van der Waals surface area contributed by atoms with Crippen LogP contribution in [-0.4, -0.2) is 70.7 Å². The van der Waals surface area contributed by atoms with E-state index in [4.69, 9.17) is 0 Å². The standard InChI is InChI=1S/C21H26N6O2S/c1-25(12-8-17-5-3-2-4-6-17)30(28,29)27-14-13-26(15-21(27)9-10-21)20-18-7-11-22-19(18)23-16-24-20/h2-7,11,16H,8-10,12-15H2,1H3,(H,22,23,24). The first-order valence-electron chi connectivity index (χ1n) is 10.3. The third-order valence-corrected chi connectivity index (χ3v) is 8.37. The molecule has 0 atom stereocenters. The number of nitrogens with zero attached hydrogens (tertiary/aromatic N) is 5. The van der Waals surface area contributed by atoms with Crippen molar-refractivity contribution < 1.29 is 8.42 Å². The number of nitrogens with one attached hydrogen (secondary N) is 1. The molecule has 158 valence electrons. The molecule has 2 aliphatic rings. The molecule has 1 spiro atoms. The van der Waals surface area contributed by atoms with Gasteiger partial charge in [0.25, 0.3) is 10.2 Å². The molecular formula is C21H26N6O2S. The summed E-state index contributed by atoms with van der Waals surface area (Å²) < 4.78 is 30.0. The lowest BCUT2D eigenvalue weighted by molar-refractivity contribution is 0.251. The van der Waals surface area contributed by atoms with Gasteiger partial charge in [-0.1, -0.05) is 30.3 Å². The Labute approximate surface area is 176 Å². The molecule has 8 nitrogen and oxygen atoms in total. The number of piperazine rings is 1. The molecule has 30 heavy (non-hydrogen) atoms. The lowest BCUT2D eigenvalue weighted by Gasteiger charge is -2.43. The number of H-pyrrole nitrogens is 1. The van der Waals surface area contributed by atoms with Crippen molar-refractivity contribution in [2.75, 3.05) is 38.1 Å². The monoisotopic (exact) mass is 426 g/mol. The van der Waals surface area contributed by atoms with Crippen molar-refractivity contribution in [1.82, 2.24) is 23.6 Å². The number of benzene rings is 1. The Hall–Kier alpha value is -2.49. The average molecular weight is 427 g/mol. The fourth-order valence-electron chi connectivity index (χ4n) is 4.38. The van der Waals surface area contributed by atoms with E-state index in [1.54, 1.807) is 17.7 Å². The van der Waals surface area contributed by atoms with Crippen molar-refractivity contribution in [1.29, 1.82) is 0 Å². The predicted octanol–water partition coefficient (Wildman–Crippen LogP) is 2.03. The molecule has 3 heterocycles. The molecule has 2 aromatic heterocycles. The molecular weight excluding hydrogens is 400 g/mol. The number of aromatic nitrogens is 3. The molecule has 1 N–H and O–H groups in total. The zero-order chi connectivity index (χ0) is 20.8.